The van der Waals surface area contributed by atoms with Gasteiger partial charge in [0.15, 0.2) is 0 Å². The van der Waals surface area contributed by atoms with E-state index in [4.69, 9.17) is 9.72 Å². The lowest BCUT2D eigenvalue weighted by molar-refractivity contribution is 0.116. The molecule has 0 saturated heterocycles. The van der Waals surface area contributed by atoms with Crippen LogP contribution in [0.1, 0.15) is 44.7 Å². The van der Waals surface area contributed by atoms with E-state index in [1.165, 1.54) is 32.1 Å². The lowest BCUT2D eigenvalue weighted by atomic mass is 9.94. The van der Waals surface area contributed by atoms with Crippen molar-refractivity contribution in [3.8, 4) is 16.3 Å². The van der Waals surface area contributed by atoms with Crippen LogP contribution >= 0.6 is 11.3 Å². The van der Waals surface area contributed by atoms with Gasteiger partial charge < -0.3 is 9.84 Å². The first kappa shape index (κ1) is 18.4. The fraction of sp³-hybridized carbons (Fsp3) is 0.550. The predicted octanol–water partition coefficient (Wildman–Crippen LogP) is 4.34. The Morgan fingerprint density at radius 1 is 1.20 bits per heavy atom. The second-order valence-corrected chi connectivity index (χ2v) is 7.45. The highest BCUT2D eigenvalue weighted by Crippen LogP contribution is 2.28. The molecule has 1 aromatic heterocycles. The molecule has 3 rings (SSSR count). The second-order valence-electron chi connectivity index (χ2n) is 6.59. The van der Waals surface area contributed by atoms with E-state index in [9.17, 15) is 5.11 Å². The van der Waals surface area contributed by atoms with Crippen LogP contribution in [0.4, 0.5) is 0 Å². The van der Waals surface area contributed by atoms with Crippen LogP contribution in [0.5, 0.6) is 5.75 Å². The molecule has 1 N–H and O–H groups in total. The summed E-state index contributed by atoms with van der Waals surface area (Å²) in [7, 11) is 0. The smallest absolute Gasteiger partial charge is 0.123 e. The highest BCUT2D eigenvalue weighted by atomic mass is 32.1. The van der Waals surface area contributed by atoms with E-state index >= 15 is 0 Å². The van der Waals surface area contributed by atoms with Crippen molar-refractivity contribution >= 4 is 11.3 Å². The molecule has 5 heteroatoms. The quantitative estimate of drug-likeness (QED) is 0.761. The lowest BCUT2D eigenvalue weighted by Crippen LogP contribution is -2.38. The summed E-state index contributed by atoms with van der Waals surface area (Å²) in [5.41, 5.74) is 2.24. The number of hydrogen-bond donors (Lipinski definition) is 1. The zero-order valence-electron chi connectivity index (χ0n) is 15.0. The summed E-state index contributed by atoms with van der Waals surface area (Å²) in [6, 6.07) is 8.73. The number of aliphatic hydroxyl groups excluding tert-OH is 1. The molecule has 0 radical (unpaired) electrons. The zero-order chi connectivity index (χ0) is 17.5. The van der Waals surface area contributed by atoms with Crippen molar-refractivity contribution in [2.24, 2.45) is 0 Å². The summed E-state index contributed by atoms with van der Waals surface area (Å²) in [4.78, 5) is 7.24. The molecule has 0 spiro atoms. The second kappa shape index (κ2) is 9.32. The highest BCUT2D eigenvalue weighted by Gasteiger charge is 2.21. The molecule has 0 bridgehead atoms. The van der Waals surface area contributed by atoms with E-state index in [1.807, 2.05) is 19.1 Å². The number of nitrogens with zero attached hydrogens (tertiary/aromatic N) is 2. The van der Waals surface area contributed by atoms with Gasteiger partial charge in [0, 0.05) is 30.1 Å². The Morgan fingerprint density at radius 2 is 1.96 bits per heavy atom. The molecule has 1 saturated carbocycles. The Labute approximate surface area is 154 Å². The first-order valence-corrected chi connectivity index (χ1v) is 10.2. The predicted molar refractivity (Wildman–Crippen MR) is 103 cm³/mol. The lowest BCUT2D eigenvalue weighted by Gasteiger charge is -2.33. The first-order chi connectivity index (χ1) is 12.3. The summed E-state index contributed by atoms with van der Waals surface area (Å²) in [6.45, 7) is 4.46. The maximum atomic E-state index is 9.43. The molecule has 0 amide bonds. The van der Waals surface area contributed by atoms with Crippen LogP contribution < -0.4 is 4.74 Å². The largest absolute Gasteiger partial charge is 0.494 e. The summed E-state index contributed by atoms with van der Waals surface area (Å²) in [5.74, 6) is 0.898. The van der Waals surface area contributed by atoms with E-state index in [-0.39, 0.29) is 6.61 Å². The number of aliphatic hydroxyl groups is 1. The van der Waals surface area contributed by atoms with Gasteiger partial charge in [0.05, 0.1) is 18.9 Å². The number of hydrogen-bond acceptors (Lipinski definition) is 5. The van der Waals surface area contributed by atoms with Gasteiger partial charge in [-0.05, 0) is 44.0 Å². The van der Waals surface area contributed by atoms with Crippen molar-refractivity contribution in [3.05, 3.63) is 35.3 Å². The average Bonchev–Trinajstić information content (AvgIpc) is 3.12. The third kappa shape index (κ3) is 5.03. The van der Waals surface area contributed by atoms with Crippen LogP contribution in [0.2, 0.25) is 0 Å². The Balaban J connectivity index is 1.66. The van der Waals surface area contributed by atoms with Crippen molar-refractivity contribution < 1.29 is 9.84 Å². The van der Waals surface area contributed by atoms with Crippen molar-refractivity contribution in [2.45, 2.75) is 51.6 Å². The third-order valence-electron chi connectivity index (χ3n) is 4.81. The SMILES string of the molecule is CCOc1ccc(-c2nc(CN(CCO)C3CCCCC3)cs2)cc1. The monoisotopic (exact) mass is 360 g/mol. The van der Waals surface area contributed by atoms with Gasteiger partial charge in [0.25, 0.3) is 0 Å². The van der Waals surface area contributed by atoms with Gasteiger partial charge in [-0.25, -0.2) is 4.98 Å². The topological polar surface area (TPSA) is 45.6 Å². The van der Waals surface area contributed by atoms with Gasteiger partial charge in [-0.1, -0.05) is 19.3 Å². The highest BCUT2D eigenvalue weighted by molar-refractivity contribution is 7.13. The van der Waals surface area contributed by atoms with Crippen molar-refractivity contribution in [1.82, 2.24) is 9.88 Å². The van der Waals surface area contributed by atoms with Crippen LogP contribution in [0.3, 0.4) is 0 Å². The van der Waals surface area contributed by atoms with Gasteiger partial charge >= 0.3 is 0 Å². The van der Waals surface area contributed by atoms with E-state index in [0.717, 1.165) is 35.1 Å². The van der Waals surface area contributed by atoms with Crippen LogP contribution in [-0.4, -0.2) is 40.8 Å². The molecule has 136 valence electrons. The molecule has 1 fully saturated rings. The standard InChI is InChI=1S/C20H28N2O2S/c1-2-24-19-10-8-16(9-11-19)20-21-17(15-25-20)14-22(12-13-23)18-6-4-3-5-7-18/h8-11,15,18,23H,2-7,12-14H2,1H3. The van der Waals surface area contributed by atoms with Crippen molar-refractivity contribution in [1.29, 1.82) is 0 Å². The van der Waals surface area contributed by atoms with Gasteiger partial charge in [-0.15, -0.1) is 11.3 Å². The van der Waals surface area contributed by atoms with Crippen LogP contribution in [0, 0.1) is 0 Å². The van der Waals surface area contributed by atoms with E-state index in [0.29, 0.717) is 12.6 Å². The Bertz CT molecular complexity index is 635. The molecular weight excluding hydrogens is 332 g/mol. The molecular formula is C20H28N2O2S. The molecule has 1 heterocycles. The average molecular weight is 361 g/mol. The number of benzene rings is 1. The molecule has 1 aliphatic carbocycles. The third-order valence-corrected chi connectivity index (χ3v) is 5.75. The van der Waals surface area contributed by atoms with Crippen molar-refractivity contribution in [3.63, 3.8) is 0 Å². The summed E-state index contributed by atoms with van der Waals surface area (Å²) in [6.07, 6.45) is 6.45. The molecule has 0 atom stereocenters. The molecule has 0 unspecified atom stereocenters. The maximum absolute atomic E-state index is 9.43. The molecule has 1 aliphatic rings. The molecule has 0 aliphatic heterocycles. The number of rotatable bonds is 8. The van der Waals surface area contributed by atoms with E-state index in [2.05, 4.69) is 22.4 Å². The fourth-order valence-corrected chi connectivity index (χ4v) is 4.36. The normalized spacial score (nSPS) is 15.6. The van der Waals surface area contributed by atoms with Gasteiger partial charge in [-0.2, -0.15) is 0 Å². The number of aromatic nitrogens is 1. The van der Waals surface area contributed by atoms with E-state index in [1.54, 1.807) is 11.3 Å². The molecule has 1 aromatic carbocycles. The molecule has 2 aromatic rings. The minimum atomic E-state index is 0.215. The van der Waals surface area contributed by atoms with Gasteiger partial charge in [0.1, 0.15) is 10.8 Å². The Hall–Kier alpha value is -1.43. The summed E-state index contributed by atoms with van der Waals surface area (Å²) >= 11 is 1.69. The Morgan fingerprint density at radius 3 is 2.64 bits per heavy atom. The zero-order valence-corrected chi connectivity index (χ0v) is 15.8. The van der Waals surface area contributed by atoms with Crippen LogP contribution in [-0.2, 0) is 6.54 Å². The van der Waals surface area contributed by atoms with Gasteiger partial charge in [-0.3, -0.25) is 4.90 Å². The van der Waals surface area contributed by atoms with Gasteiger partial charge in [0.2, 0.25) is 0 Å². The minimum absolute atomic E-state index is 0.215. The Kier molecular flexibility index (Phi) is 6.84. The number of thiazole rings is 1. The minimum Gasteiger partial charge on any atom is -0.494 e. The van der Waals surface area contributed by atoms with E-state index < -0.39 is 0 Å². The maximum Gasteiger partial charge on any atom is 0.123 e. The number of ether oxygens (including phenoxy) is 1. The summed E-state index contributed by atoms with van der Waals surface area (Å²) in [5, 5.41) is 12.6. The first-order valence-electron chi connectivity index (χ1n) is 9.32. The van der Waals surface area contributed by atoms with Crippen molar-refractivity contribution in [2.75, 3.05) is 19.8 Å². The molecule has 25 heavy (non-hydrogen) atoms. The van der Waals surface area contributed by atoms with Crippen LogP contribution in [0.15, 0.2) is 29.6 Å². The summed E-state index contributed by atoms with van der Waals surface area (Å²) < 4.78 is 5.50. The van der Waals surface area contributed by atoms with Crippen LogP contribution in [0.25, 0.3) is 10.6 Å². The molecule has 4 nitrogen and oxygen atoms in total. The fourth-order valence-electron chi connectivity index (χ4n) is 3.55.